The van der Waals surface area contributed by atoms with Crippen LogP contribution >= 0.6 is 0 Å². The molecule has 0 unspecified atom stereocenters. The van der Waals surface area contributed by atoms with Crippen LogP contribution in [0.15, 0.2) is 23.3 Å². The van der Waals surface area contributed by atoms with Crippen LogP contribution in [0.4, 0.5) is 0 Å². The Bertz CT molecular complexity index is 727. The minimum Gasteiger partial charge on any atom is -0.493 e. The summed E-state index contributed by atoms with van der Waals surface area (Å²) < 4.78 is 33.2. The van der Waals surface area contributed by atoms with E-state index in [2.05, 4.69) is 10.5 Å². The molecule has 1 aliphatic rings. The lowest BCUT2D eigenvalue weighted by Crippen LogP contribution is -2.28. The normalized spacial score (nSPS) is 20.1. The van der Waals surface area contributed by atoms with Crippen molar-refractivity contribution < 1.29 is 22.7 Å². The number of rotatable bonds is 5. The van der Waals surface area contributed by atoms with Crippen LogP contribution in [0, 0.1) is 5.92 Å². The second-order valence-electron chi connectivity index (χ2n) is 5.34. The summed E-state index contributed by atoms with van der Waals surface area (Å²) in [5.41, 5.74) is 3.79. The third-order valence-corrected chi connectivity index (χ3v) is 5.51. The zero-order chi connectivity index (χ0) is 17.0. The zero-order valence-electron chi connectivity index (χ0n) is 13.3. The Kier molecular flexibility index (Phi) is 5.25. The maximum atomic E-state index is 12.0. The largest absolute Gasteiger partial charge is 0.493 e. The molecule has 1 atom stereocenters. The van der Waals surface area contributed by atoms with E-state index in [0.717, 1.165) is 5.56 Å². The second kappa shape index (κ2) is 6.99. The third-order valence-electron chi connectivity index (χ3n) is 3.74. The van der Waals surface area contributed by atoms with Crippen molar-refractivity contribution in [1.29, 1.82) is 0 Å². The average Bonchev–Trinajstić information content (AvgIpc) is 2.91. The lowest BCUT2D eigenvalue weighted by Gasteiger charge is -2.10. The predicted octanol–water partition coefficient (Wildman–Crippen LogP) is 0.979. The van der Waals surface area contributed by atoms with Gasteiger partial charge in [0.15, 0.2) is 21.3 Å². The maximum Gasteiger partial charge on any atom is 0.244 e. The minimum absolute atomic E-state index is 0.0590. The van der Waals surface area contributed by atoms with Crippen molar-refractivity contribution >= 4 is 21.5 Å². The van der Waals surface area contributed by atoms with E-state index >= 15 is 0 Å². The molecular formula is C15H20N2O5S. The van der Waals surface area contributed by atoms with E-state index in [1.807, 2.05) is 0 Å². The molecule has 8 heteroatoms. The molecule has 1 aromatic rings. The first-order valence-corrected chi connectivity index (χ1v) is 8.95. The van der Waals surface area contributed by atoms with Crippen molar-refractivity contribution in [1.82, 2.24) is 5.43 Å². The van der Waals surface area contributed by atoms with Crippen molar-refractivity contribution in [3.05, 3.63) is 23.8 Å². The van der Waals surface area contributed by atoms with Gasteiger partial charge in [0.05, 0.1) is 37.4 Å². The Morgan fingerprint density at radius 1 is 1.26 bits per heavy atom. The quantitative estimate of drug-likeness (QED) is 0.637. The lowest BCUT2D eigenvalue weighted by molar-refractivity contribution is -0.124. The van der Waals surface area contributed by atoms with Gasteiger partial charge in [-0.25, -0.2) is 13.8 Å². The zero-order valence-corrected chi connectivity index (χ0v) is 14.1. The highest BCUT2D eigenvalue weighted by molar-refractivity contribution is 7.91. The molecule has 7 nitrogen and oxygen atoms in total. The summed E-state index contributed by atoms with van der Waals surface area (Å²) in [4.78, 5) is 12.0. The Hall–Kier alpha value is -2.09. The lowest BCUT2D eigenvalue weighted by atomic mass is 10.1. The van der Waals surface area contributed by atoms with Crippen LogP contribution in [-0.2, 0) is 14.6 Å². The number of ether oxygens (including phenoxy) is 2. The highest BCUT2D eigenvalue weighted by Gasteiger charge is 2.32. The molecular weight excluding hydrogens is 320 g/mol. The topological polar surface area (TPSA) is 94.1 Å². The Morgan fingerprint density at radius 2 is 1.96 bits per heavy atom. The van der Waals surface area contributed by atoms with Gasteiger partial charge < -0.3 is 9.47 Å². The number of hydrogen-bond donors (Lipinski definition) is 1. The number of hydrogen-bond acceptors (Lipinski definition) is 6. The number of nitrogens with one attached hydrogen (secondary N) is 1. The van der Waals surface area contributed by atoms with Gasteiger partial charge in [0, 0.05) is 5.56 Å². The maximum absolute atomic E-state index is 12.0. The summed E-state index contributed by atoms with van der Waals surface area (Å²) in [6.45, 7) is 1.74. The number of nitrogens with zero attached hydrogens (tertiary/aromatic N) is 1. The van der Waals surface area contributed by atoms with E-state index in [-0.39, 0.29) is 17.4 Å². The summed E-state index contributed by atoms with van der Waals surface area (Å²) in [6.07, 6.45) is 0.346. The molecule has 2 rings (SSSR count). The van der Waals surface area contributed by atoms with Crippen LogP contribution in [0.1, 0.15) is 18.9 Å². The summed E-state index contributed by atoms with van der Waals surface area (Å²) >= 11 is 0. The van der Waals surface area contributed by atoms with Crippen LogP contribution in [0.25, 0.3) is 0 Å². The third kappa shape index (κ3) is 4.22. The van der Waals surface area contributed by atoms with E-state index in [1.165, 1.54) is 7.11 Å². The van der Waals surface area contributed by atoms with Gasteiger partial charge in [-0.15, -0.1) is 0 Å². The molecule has 0 saturated carbocycles. The smallest absolute Gasteiger partial charge is 0.244 e. The second-order valence-corrected chi connectivity index (χ2v) is 7.57. The highest BCUT2D eigenvalue weighted by Crippen LogP contribution is 2.27. The molecule has 0 aromatic heterocycles. The average molecular weight is 340 g/mol. The number of hydrazone groups is 1. The van der Waals surface area contributed by atoms with E-state index in [1.54, 1.807) is 32.2 Å². The Balaban J connectivity index is 2.07. The molecule has 23 heavy (non-hydrogen) atoms. The summed E-state index contributed by atoms with van der Waals surface area (Å²) in [7, 11) is 0.000415. The monoisotopic (exact) mass is 340 g/mol. The van der Waals surface area contributed by atoms with Gasteiger partial charge in [-0.1, -0.05) is 0 Å². The highest BCUT2D eigenvalue weighted by atomic mass is 32.2. The molecule has 0 bridgehead atoms. The van der Waals surface area contributed by atoms with Crippen molar-refractivity contribution in [2.45, 2.75) is 13.3 Å². The van der Waals surface area contributed by atoms with Gasteiger partial charge >= 0.3 is 0 Å². The first kappa shape index (κ1) is 17.3. The summed E-state index contributed by atoms with van der Waals surface area (Å²) in [6, 6.07) is 5.30. The molecule has 1 fully saturated rings. The van der Waals surface area contributed by atoms with Crippen LogP contribution in [0.2, 0.25) is 0 Å². The fourth-order valence-corrected chi connectivity index (χ4v) is 4.10. The van der Waals surface area contributed by atoms with Crippen molar-refractivity contribution in [2.75, 3.05) is 25.7 Å². The molecule has 1 saturated heterocycles. The molecule has 1 N–H and O–H groups in total. The first-order valence-electron chi connectivity index (χ1n) is 7.13. The standard InChI is InChI=1S/C15H20N2O5S/c1-10(11-4-5-13(21-2)14(8-11)22-3)16-17-15(18)12-6-7-23(19,20)9-12/h4-5,8,12H,6-7,9H2,1-3H3,(H,17,18)/b16-10-/t12-/m0/s1. The molecule has 1 aromatic carbocycles. The number of benzene rings is 1. The van der Waals surface area contributed by atoms with Crippen LogP contribution in [0.3, 0.4) is 0 Å². The van der Waals surface area contributed by atoms with Gasteiger partial charge in [-0.05, 0) is 31.5 Å². The molecule has 0 radical (unpaired) electrons. The van der Waals surface area contributed by atoms with E-state index in [9.17, 15) is 13.2 Å². The van der Waals surface area contributed by atoms with Crippen LogP contribution in [0.5, 0.6) is 11.5 Å². The SMILES string of the molecule is COc1ccc(/C(C)=N\NC(=O)[C@H]2CCS(=O)(=O)C2)cc1OC. The molecule has 0 spiro atoms. The minimum atomic E-state index is -3.09. The fraction of sp³-hybridized carbons (Fsp3) is 0.467. The van der Waals surface area contributed by atoms with Crippen LogP contribution in [-0.4, -0.2) is 45.8 Å². The Morgan fingerprint density at radius 3 is 2.52 bits per heavy atom. The molecule has 1 amide bonds. The summed E-state index contributed by atoms with van der Waals surface area (Å²) in [5, 5.41) is 4.04. The predicted molar refractivity (Wildman–Crippen MR) is 86.7 cm³/mol. The number of carbonyl (C=O) groups is 1. The first-order chi connectivity index (χ1) is 10.9. The van der Waals surface area contributed by atoms with E-state index < -0.39 is 15.8 Å². The number of methoxy groups -OCH3 is 2. The van der Waals surface area contributed by atoms with Gasteiger partial charge in [0.25, 0.3) is 0 Å². The number of sulfone groups is 1. The molecule has 0 aliphatic carbocycles. The van der Waals surface area contributed by atoms with Gasteiger partial charge in [0.1, 0.15) is 0 Å². The molecule has 1 heterocycles. The Labute approximate surface area is 135 Å². The molecule has 126 valence electrons. The fourth-order valence-electron chi connectivity index (χ4n) is 2.36. The van der Waals surface area contributed by atoms with Gasteiger partial charge in [-0.3, -0.25) is 4.79 Å². The van der Waals surface area contributed by atoms with Crippen LogP contribution < -0.4 is 14.9 Å². The number of amides is 1. The van der Waals surface area contributed by atoms with E-state index in [4.69, 9.17) is 9.47 Å². The van der Waals surface area contributed by atoms with Crippen molar-refractivity contribution in [3.63, 3.8) is 0 Å². The van der Waals surface area contributed by atoms with Gasteiger partial charge in [0.2, 0.25) is 5.91 Å². The van der Waals surface area contributed by atoms with Crippen molar-refractivity contribution in [3.8, 4) is 11.5 Å². The summed E-state index contributed by atoms with van der Waals surface area (Å²) in [5.74, 6) is 0.220. The van der Waals surface area contributed by atoms with E-state index in [0.29, 0.717) is 23.6 Å². The number of carbonyl (C=O) groups excluding carboxylic acids is 1. The molecule has 1 aliphatic heterocycles. The van der Waals surface area contributed by atoms with Gasteiger partial charge in [-0.2, -0.15) is 5.10 Å². The van der Waals surface area contributed by atoms with Crippen molar-refractivity contribution in [2.24, 2.45) is 11.0 Å².